The monoisotopic (exact) mass is 283 g/mol. The highest BCUT2D eigenvalue weighted by molar-refractivity contribution is 5.27. The summed E-state index contributed by atoms with van der Waals surface area (Å²) < 4.78 is 5.16. The Kier molecular flexibility index (Phi) is 6.82. The minimum Gasteiger partial charge on any atom is -0.497 e. The van der Waals surface area contributed by atoms with Gasteiger partial charge in [0.25, 0.3) is 0 Å². The minimum atomic E-state index is 0.929. The molecule has 112 valence electrons. The Hall–Kier alpha value is -1.80. The highest BCUT2D eigenvalue weighted by Crippen LogP contribution is 2.12. The van der Waals surface area contributed by atoms with Crippen molar-refractivity contribution in [2.45, 2.75) is 25.7 Å². The first-order chi connectivity index (χ1) is 10.4. The fourth-order valence-electron chi connectivity index (χ4n) is 2.40. The third-order valence-electron chi connectivity index (χ3n) is 3.64. The summed E-state index contributed by atoms with van der Waals surface area (Å²) in [7, 11) is 1.70. The van der Waals surface area contributed by atoms with Gasteiger partial charge in [-0.05, 0) is 62.0 Å². The predicted molar refractivity (Wildman–Crippen MR) is 88.9 cm³/mol. The molecule has 0 aliphatic heterocycles. The quantitative estimate of drug-likeness (QED) is 0.706. The maximum Gasteiger partial charge on any atom is 0.118 e. The first-order valence-corrected chi connectivity index (χ1v) is 7.76. The molecule has 0 atom stereocenters. The van der Waals surface area contributed by atoms with Gasteiger partial charge >= 0.3 is 0 Å². The molecule has 2 rings (SSSR count). The Morgan fingerprint density at radius 2 is 1.33 bits per heavy atom. The Morgan fingerprint density at radius 3 is 1.90 bits per heavy atom. The molecule has 21 heavy (non-hydrogen) atoms. The van der Waals surface area contributed by atoms with Crippen LogP contribution in [0.2, 0.25) is 0 Å². The largest absolute Gasteiger partial charge is 0.497 e. The number of ether oxygens (including phenoxy) is 1. The molecule has 1 N–H and O–H groups in total. The number of nitrogens with one attached hydrogen (secondary N) is 1. The first-order valence-electron chi connectivity index (χ1n) is 7.76. The topological polar surface area (TPSA) is 21.3 Å². The lowest BCUT2D eigenvalue weighted by atomic mass is 10.1. The summed E-state index contributed by atoms with van der Waals surface area (Å²) in [5.41, 5.74) is 2.81. The van der Waals surface area contributed by atoms with Crippen molar-refractivity contribution in [2.24, 2.45) is 0 Å². The van der Waals surface area contributed by atoms with E-state index >= 15 is 0 Å². The molecule has 0 heterocycles. The van der Waals surface area contributed by atoms with E-state index in [4.69, 9.17) is 4.74 Å². The van der Waals surface area contributed by atoms with Crippen LogP contribution in [0, 0.1) is 0 Å². The number of aryl methyl sites for hydroxylation is 2. The maximum absolute atomic E-state index is 5.16. The van der Waals surface area contributed by atoms with E-state index in [2.05, 4.69) is 47.8 Å². The molecule has 0 fully saturated rings. The fraction of sp³-hybridized carbons (Fsp3) is 0.368. The molecule has 0 aliphatic rings. The van der Waals surface area contributed by atoms with E-state index < -0.39 is 0 Å². The number of hydrogen-bond acceptors (Lipinski definition) is 2. The normalized spacial score (nSPS) is 10.5. The van der Waals surface area contributed by atoms with Crippen LogP contribution in [-0.4, -0.2) is 20.2 Å². The van der Waals surface area contributed by atoms with Gasteiger partial charge in [0.2, 0.25) is 0 Å². The maximum atomic E-state index is 5.16. The van der Waals surface area contributed by atoms with Gasteiger partial charge in [-0.15, -0.1) is 0 Å². The van der Waals surface area contributed by atoms with Gasteiger partial charge in [-0.25, -0.2) is 0 Å². The number of hydrogen-bond donors (Lipinski definition) is 1. The van der Waals surface area contributed by atoms with Crippen molar-refractivity contribution in [3.05, 3.63) is 65.7 Å². The second-order valence-corrected chi connectivity index (χ2v) is 5.29. The molecule has 2 aromatic rings. The van der Waals surface area contributed by atoms with Crippen LogP contribution in [0.1, 0.15) is 24.0 Å². The van der Waals surface area contributed by atoms with Crippen molar-refractivity contribution in [3.63, 3.8) is 0 Å². The number of benzene rings is 2. The van der Waals surface area contributed by atoms with Crippen LogP contribution in [0.3, 0.4) is 0 Å². The van der Waals surface area contributed by atoms with Crippen LogP contribution >= 0.6 is 0 Å². The van der Waals surface area contributed by atoms with E-state index in [1.54, 1.807) is 7.11 Å². The Balaban J connectivity index is 1.51. The summed E-state index contributed by atoms with van der Waals surface area (Å²) in [4.78, 5) is 0. The molecular formula is C19H25NO. The van der Waals surface area contributed by atoms with Crippen LogP contribution in [0.15, 0.2) is 54.6 Å². The van der Waals surface area contributed by atoms with Gasteiger partial charge in [0.15, 0.2) is 0 Å². The van der Waals surface area contributed by atoms with Gasteiger partial charge < -0.3 is 10.1 Å². The molecule has 2 heteroatoms. The summed E-state index contributed by atoms with van der Waals surface area (Å²) in [6, 6.07) is 19.0. The molecule has 2 aromatic carbocycles. The summed E-state index contributed by atoms with van der Waals surface area (Å²) in [5, 5.41) is 3.52. The summed E-state index contributed by atoms with van der Waals surface area (Å²) >= 11 is 0. The van der Waals surface area contributed by atoms with Gasteiger partial charge in [0.1, 0.15) is 5.75 Å². The van der Waals surface area contributed by atoms with Crippen molar-refractivity contribution in [1.29, 1.82) is 0 Å². The molecule has 0 aromatic heterocycles. The molecule has 0 spiro atoms. The van der Waals surface area contributed by atoms with Crippen LogP contribution in [0.25, 0.3) is 0 Å². The molecule has 0 amide bonds. The highest BCUT2D eigenvalue weighted by Gasteiger charge is 1.96. The number of methoxy groups -OCH3 is 1. The molecule has 0 saturated carbocycles. The van der Waals surface area contributed by atoms with Crippen molar-refractivity contribution in [3.8, 4) is 5.75 Å². The molecule has 2 nitrogen and oxygen atoms in total. The van der Waals surface area contributed by atoms with Crippen molar-refractivity contribution in [2.75, 3.05) is 20.2 Å². The zero-order chi connectivity index (χ0) is 14.8. The van der Waals surface area contributed by atoms with Crippen molar-refractivity contribution >= 4 is 0 Å². The van der Waals surface area contributed by atoms with E-state index in [1.807, 2.05) is 12.1 Å². The molecule has 0 bridgehead atoms. The van der Waals surface area contributed by atoms with Gasteiger partial charge in [-0.1, -0.05) is 42.5 Å². The third kappa shape index (κ3) is 6.01. The Morgan fingerprint density at radius 1 is 0.762 bits per heavy atom. The van der Waals surface area contributed by atoms with E-state index in [1.165, 1.54) is 24.0 Å². The Bertz CT molecular complexity index is 493. The highest BCUT2D eigenvalue weighted by atomic mass is 16.5. The summed E-state index contributed by atoms with van der Waals surface area (Å²) in [6.07, 6.45) is 4.66. The molecule has 0 radical (unpaired) electrons. The van der Waals surface area contributed by atoms with Gasteiger partial charge in [-0.3, -0.25) is 0 Å². The molecule has 0 aliphatic carbocycles. The van der Waals surface area contributed by atoms with E-state index in [9.17, 15) is 0 Å². The van der Waals surface area contributed by atoms with Crippen LogP contribution < -0.4 is 10.1 Å². The lowest BCUT2D eigenvalue weighted by Gasteiger charge is -2.06. The average molecular weight is 283 g/mol. The fourth-order valence-corrected chi connectivity index (χ4v) is 2.40. The average Bonchev–Trinajstić information content (AvgIpc) is 2.55. The van der Waals surface area contributed by atoms with Gasteiger partial charge in [0.05, 0.1) is 7.11 Å². The van der Waals surface area contributed by atoms with Crippen molar-refractivity contribution < 1.29 is 4.74 Å². The zero-order valence-corrected chi connectivity index (χ0v) is 12.8. The second-order valence-electron chi connectivity index (χ2n) is 5.29. The molecule has 0 unspecified atom stereocenters. The van der Waals surface area contributed by atoms with E-state index in [0.717, 1.165) is 31.7 Å². The minimum absolute atomic E-state index is 0.929. The van der Waals surface area contributed by atoms with Crippen LogP contribution in [0.4, 0.5) is 0 Å². The zero-order valence-electron chi connectivity index (χ0n) is 12.8. The standard InChI is InChI=1S/C19H25NO/c1-21-19-13-11-18(12-14-19)10-6-16-20-15-5-9-17-7-3-2-4-8-17/h2-4,7-8,11-14,20H,5-6,9-10,15-16H2,1H3. The van der Waals surface area contributed by atoms with E-state index in [0.29, 0.717) is 0 Å². The number of rotatable bonds is 9. The van der Waals surface area contributed by atoms with Gasteiger partial charge in [-0.2, -0.15) is 0 Å². The molecule has 0 saturated heterocycles. The van der Waals surface area contributed by atoms with E-state index in [-0.39, 0.29) is 0 Å². The lowest BCUT2D eigenvalue weighted by molar-refractivity contribution is 0.414. The van der Waals surface area contributed by atoms with Gasteiger partial charge in [0, 0.05) is 0 Å². The predicted octanol–water partition coefficient (Wildman–Crippen LogP) is 3.85. The van der Waals surface area contributed by atoms with Crippen molar-refractivity contribution in [1.82, 2.24) is 5.32 Å². The first kappa shape index (κ1) is 15.6. The summed E-state index contributed by atoms with van der Waals surface area (Å²) in [5.74, 6) is 0.929. The summed E-state index contributed by atoms with van der Waals surface area (Å²) in [6.45, 7) is 2.18. The molecular weight excluding hydrogens is 258 g/mol. The second kappa shape index (κ2) is 9.19. The Labute approximate surface area is 128 Å². The van der Waals surface area contributed by atoms with Crippen LogP contribution in [-0.2, 0) is 12.8 Å². The third-order valence-corrected chi connectivity index (χ3v) is 3.64. The smallest absolute Gasteiger partial charge is 0.118 e. The SMILES string of the molecule is COc1ccc(CCCNCCCc2ccccc2)cc1. The van der Waals surface area contributed by atoms with Crippen LogP contribution in [0.5, 0.6) is 5.75 Å². The lowest BCUT2D eigenvalue weighted by Crippen LogP contribution is -2.17.